The van der Waals surface area contributed by atoms with Crippen molar-refractivity contribution in [2.24, 2.45) is 5.92 Å². The fourth-order valence-electron chi connectivity index (χ4n) is 3.33. The number of ether oxygens (including phenoxy) is 1. The minimum Gasteiger partial charge on any atom is -0.370 e. The predicted molar refractivity (Wildman–Crippen MR) is 84.5 cm³/mol. The lowest BCUT2D eigenvalue weighted by Gasteiger charge is -2.37. The third-order valence-electron chi connectivity index (χ3n) is 4.75. The van der Waals surface area contributed by atoms with E-state index < -0.39 is 0 Å². The van der Waals surface area contributed by atoms with E-state index in [0.717, 1.165) is 18.4 Å². The Balaban J connectivity index is 1.58. The molecule has 0 saturated carbocycles. The standard InChI is InChI=1S/C17H23N3O3/c1-13(21)19-8-4-15(5-9-19)17(22)20-10-11-23-16(12-20)14-2-6-18-7-3-14/h2-3,6-7,15-16H,4-5,8-12H2,1H3/t16-/m0/s1. The fourth-order valence-corrected chi connectivity index (χ4v) is 3.33. The summed E-state index contributed by atoms with van der Waals surface area (Å²) in [7, 11) is 0. The number of nitrogens with zero attached hydrogens (tertiary/aromatic N) is 3. The third-order valence-corrected chi connectivity index (χ3v) is 4.75. The van der Waals surface area contributed by atoms with E-state index in [1.165, 1.54) is 0 Å². The highest BCUT2D eigenvalue weighted by Gasteiger charge is 2.32. The normalized spacial score (nSPS) is 22.9. The number of likely N-dealkylation sites (tertiary alicyclic amines) is 1. The Morgan fingerprint density at radius 2 is 1.83 bits per heavy atom. The highest BCUT2D eigenvalue weighted by atomic mass is 16.5. The highest BCUT2D eigenvalue weighted by Crippen LogP contribution is 2.25. The molecule has 0 N–H and O–H groups in total. The minimum atomic E-state index is -0.0759. The molecule has 2 aliphatic heterocycles. The molecule has 2 amide bonds. The lowest BCUT2D eigenvalue weighted by molar-refractivity contribution is -0.146. The quantitative estimate of drug-likeness (QED) is 0.823. The van der Waals surface area contributed by atoms with Crippen LogP contribution in [0.3, 0.4) is 0 Å². The van der Waals surface area contributed by atoms with Crippen LogP contribution in [-0.4, -0.2) is 59.4 Å². The molecular weight excluding hydrogens is 294 g/mol. The lowest BCUT2D eigenvalue weighted by atomic mass is 9.94. The molecule has 23 heavy (non-hydrogen) atoms. The van der Waals surface area contributed by atoms with Crippen molar-refractivity contribution in [3.8, 4) is 0 Å². The smallest absolute Gasteiger partial charge is 0.225 e. The van der Waals surface area contributed by atoms with Gasteiger partial charge >= 0.3 is 0 Å². The second-order valence-corrected chi connectivity index (χ2v) is 6.20. The first-order valence-corrected chi connectivity index (χ1v) is 8.21. The average molecular weight is 317 g/mol. The molecule has 2 saturated heterocycles. The van der Waals surface area contributed by atoms with E-state index in [-0.39, 0.29) is 23.8 Å². The maximum Gasteiger partial charge on any atom is 0.225 e. The van der Waals surface area contributed by atoms with E-state index in [1.807, 2.05) is 21.9 Å². The molecule has 1 aromatic heterocycles. The number of amides is 2. The van der Waals surface area contributed by atoms with Crippen LogP contribution in [0.25, 0.3) is 0 Å². The summed E-state index contributed by atoms with van der Waals surface area (Å²) in [6.45, 7) is 4.76. The van der Waals surface area contributed by atoms with Crippen LogP contribution in [0.4, 0.5) is 0 Å². The van der Waals surface area contributed by atoms with Crippen molar-refractivity contribution in [1.82, 2.24) is 14.8 Å². The zero-order chi connectivity index (χ0) is 16.2. The van der Waals surface area contributed by atoms with Gasteiger partial charge in [0.1, 0.15) is 6.10 Å². The Labute approximate surface area is 136 Å². The largest absolute Gasteiger partial charge is 0.370 e. The van der Waals surface area contributed by atoms with E-state index in [2.05, 4.69) is 4.98 Å². The van der Waals surface area contributed by atoms with Gasteiger partial charge in [-0.2, -0.15) is 0 Å². The van der Waals surface area contributed by atoms with E-state index in [9.17, 15) is 9.59 Å². The van der Waals surface area contributed by atoms with Gasteiger partial charge in [-0.1, -0.05) is 0 Å². The molecule has 0 radical (unpaired) electrons. The maximum absolute atomic E-state index is 12.8. The highest BCUT2D eigenvalue weighted by molar-refractivity contribution is 5.80. The van der Waals surface area contributed by atoms with Crippen LogP contribution in [-0.2, 0) is 14.3 Å². The van der Waals surface area contributed by atoms with Gasteiger partial charge in [0, 0.05) is 44.9 Å². The van der Waals surface area contributed by atoms with E-state index in [0.29, 0.717) is 32.8 Å². The zero-order valence-corrected chi connectivity index (χ0v) is 13.5. The van der Waals surface area contributed by atoms with Gasteiger partial charge in [0.25, 0.3) is 0 Å². The molecule has 6 nitrogen and oxygen atoms in total. The first-order chi connectivity index (χ1) is 11.1. The summed E-state index contributed by atoms with van der Waals surface area (Å²) in [5.41, 5.74) is 1.06. The van der Waals surface area contributed by atoms with Crippen molar-refractivity contribution in [3.05, 3.63) is 30.1 Å². The molecule has 3 rings (SSSR count). The van der Waals surface area contributed by atoms with Gasteiger partial charge in [-0.25, -0.2) is 0 Å². The van der Waals surface area contributed by atoms with Gasteiger partial charge in [-0.15, -0.1) is 0 Å². The summed E-state index contributed by atoms with van der Waals surface area (Å²) in [6, 6.07) is 3.87. The molecule has 6 heteroatoms. The zero-order valence-electron chi connectivity index (χ0n) is 13.5. The lowest BCUT2D eigenvalue weighted by Crippen LogP contribution is -2.48. The van der Waals surface area contributed by atoms with Crippen LogP contribution in [0.2, 0.25) is 0 Å². The average Bonchev–Trinajstić information content (AvgIpc) is 2.62. The number of pyridine rings is 1. The van der Waals surface area contributed by atoms with Crippen molar-refractivity contribution < 1.29 is 14.3 Å². The van der Waals surface area contributed by atoms with Crippen molar-refractivity contribution in [2.75, 3.05) is 32.8 Å². The molecule has 1 aromatic rings. The van der Waals surface area contributed by atoms with Crippen LogP contribution < -0.4 is 0 Å². The number of hydrogen-bond acceptors (Lipinski definition) is 4. The van der Waals surface area contributed by atoms with Gasteiger partial charge in [-0.05, 0) is 30.5 Å². The Morgan fingerprint density at radius 3 is 2.48 bits per heavy atom. The number of piperidine rings is 1. The number of hydrogen-bond donors (Lipinski definition) is 0. The van der Waals surface area contributed by atoms with Crippen LogP contribution in [0.1, 0.15) is 31.4 Å². The summed E-state index contributed by atoms with van der Waals surface area (Å²) in [5, 5.41) is 0. The maximum atomic E-state index is 12.8. The number of carbonyl (C=O) groups excluding carboxylic acids is 2. The van der Waals surface area contributed by atoms with Gasteiger partial charge in [-0.3, -0.25) is 14.6 Å². The summed E-state index contributed by atoms with van der Waals surface area (Å²) >= 11 is 0. The minimum absolute atomic E-state index is 0.0294. The Bertz CT molecular complexity index is 555. The topological polar surface area (TPSA) is 62.7 Å². The molecule has 0 bridgehead atoms. The van der Waals surface area contributed by atoms with Crippen LogP contribution in [0.15, 0.2) is 24.5 Å². The van der Waals surface area contributed by atoms with Crippen LogP contribution in [0.5, 0.6) is 0 Å². The number of carbonyl (C=O) groups is 2. The molecule has 124 valence electrons. The summed E-state index contributed by atoms with van der Waals surface area (Å²) in [4.78, 5) is 31.9. The first kappa shape index (κ1) is 15.9. The summed E-state index contributed by atoms with van der Waals surface area (Å²) in [6.07, 6.45) is 4.94. The van der Waals surface area contributed by atoms with E-state index in [1.54, 1.807) is 19.3 Å². The Kier molecular flexibility index (Phi) is 4.91. The van der Waals surface area contributed by atoms with Gasteiger partial charge in [0.05, 0.1) is 13.2 Å². The molecule has 1 atom stereocenters. The van der Waals surface area contributed by atoms with Crippen molar-refractivity contribution in [2.45, 2.75) is 25.9 Å². The molecule has 3 heterocycles. The summed E-state index contributed by atoms with van der Waals surface area (Å²) in [5.74, 6) is 0.331. The Hall–Kier alpha value is -1.95. The SMILES string of the molecule is CC(=O)N1CCC(C(=O)N2CCO[C@H](c3ccncc3)C2)CC1. The monoisotopic (exact) mass is 317 g/mol. The summed E-state index contributed by atoms with van der Waals surface area (Å²) < 4.78 is 5.81. The molecule has 0 spiro atoms. The third kappa shape index (κ3) is 3.69. The van der Waals surface area contributed by atoms with Crippen LogP contribution >= 0.6 is 0 Å². The van der Waals surface area contributed by atoms with Gasteiger partial charge in [0.15, 0.2) is 0 Å². The van der Waals surface area contributed by atoms with Crippen molar-refractivity contribution in [1.29, 1.82) is 0 Å². The molecule has 2 fully saturated rings. The molecule has 0 aromatic carbocycles. The first-order valence-electron chi connectivity index (χ1n) is 8.21. The number of aromatic nitrogens is 1. The Morgan fingerprint density at radius 1 is 1.13 bits per heavy atom. The molecular formula is C17H23N3O3. The van der Waals surface area contributed by atoms with Crippen molar-refractivity contribution in [3.63, 3.8) is 0 Å². The van der Waals surface area contributed by atoms with E-state index >= 15 is 0 Å². The molecule has 0 unspecified atom stereocenters. The van der Waals surface area contributed by atoms with Crippen LogP contribution in [0, 0.1) is 5.92 Å². The van der Waals surface area contributed by atoms with Crippen molar-refractivity contribution >= 4 is 11.8 Å². The van der Waals surface area contributed by atoms with Gasteiger partial charge < -0.3 is 14.5 Å². The second-order valence-electron chi connectivity index (χ2n) is 6.20. The fraction of sp³-hybridized carbons (Fsp3) is 0.588. The van der Waals surface area contributed by atoms with E-state index in [4.69, 9.17) is 4.74 Å². The molecule has 2 aliphatic rings. The number of rotatable bonds is 2. The predicted octanol–water partition coefficient (Wildman–Crippen LogP) is 1.24. The second kappa shape index (κ2) is 7.08. The van der Waals surface area contributed by atoms with Gasteiger partial charge in [0.2, 0.25) is 11.8 Å². The number of morpholine rings is 1. The molecule has 0 aliphatic carbocycles.